The van der Waals surface area contributed by atoms with Gasteiger partial charge in [0.15, 0.2) is 22.1 Å². The smallest absolute Gasteiger partial charge is 0.191 e. The number of hydrogen-bond donors (Lipinski definition) is 4. The Kier molecular flexibility index (Phi) is 3.78. The molecule has 6 atom stereocenters. The summed E-state index contributed by atoms with van der Waals surface area (Å²) in [4.78, 5) is 8.07. The van der Waals surface area contributed by atoms with Crippen molar-refractivity contribution in [2.75, 3.05) is 24.2 Å². The van der Waals surface area contributed by atoms with Crippen molar-refractivity contribution >= 4 is 28.7 Å². The van der Waals surface area contributed by atoms with E-state index in [-0.39, 0.29) is 27.6 Å². The third kappa shape index (κ3) is 4.92. The quantitative estimate of drug-likeness (QED) is 0.227. The van der Waals surface area contributed by atoms with E-state index in [9.17, 15) is 19.7 Å². The molecule has 12 heteroatoms. The largest absolute Gasteiger partial charge is 0.394 e. The number of nitrogens with zero attached hydrogens (tertiary/aromatic N) is 5. The van der Waals surface area contributed by atoms with E-state index in [2.05, 4.69) is 25.6 Å². The number of aryl methyl sites for hydroxylation is 1. The summed E-state index contributed by atoms with van der Waals surface area (Å²) < 4.78 is 144. The van der Waals surface area contributed by atoms with Crippen LogP contribution < -0.4 is 5.32 Å². The maximum atomic E-state index is 14.5. The lowest BCUT2D eigenvalue weighted by atomic mass is 10.1. The third-order valence-electron chi connectivity index (χ3n) is 5.20. The molecule has 0 saturated heterocycles. The van der Waals surface area contributed by atoms with Gasteiger partial charge in [0.1, 0.15) is 18.0 Å². The predicted octanol–water partition coefficient (Wildman–Crippen LogP) is 2.18. The minimum Gasteiger partial charge on any atom is -0.394 e. The van der Waals surface area contributed by atoms with Crippen molar-refractivity contribution in [3.05, 3.63) is 35.1 Å². The predicted molar refractivity (Wildman–Crippen MR) is 133 cm³/mol. The Morgan fingerprint density at radius 3 is 2.92 bits per heavy atom. The van der Waals surface area contributed by atoms with Gasteiger partial charge in [-0.3, -0.25) is 0 Å². The van der Waals surface area contributed by atoms with Gasteiger partial charge in [0.2, 0.25) is 0 Å². The van der Waals surface area contributed by atoms with Gasteiger partial charge < -0.3 is 25.4 Å². The number of aliphatic hydroxyl groups is 3. The Morgan fingerprint density at radius 2 is 2.17 bits per heavy atom. The summed E-state index contributed by atoms with van der Waals surface area (Å²) in [5.41, 5.74) is -4.08. The number of halogens is 1. The maximum absolute atomic E-state index is 14.5. The summed E-state index contributed by atoms with van der Waals surface area (Å²) in [5.74, 6) is -2.70. The maximum Gasteiger partial charge on any atom is 0.191 e. The Balaban J connectivity index is 1.73. The van der Waals surface area contributed by atoms with Crippen LogP contribution in [0.15, 0.2) is 23.4 Å². The molecule has 2 fully saturated rings. The molecule has 10 nitrogen and oxygen atoms in total. The van der Waals surface area contributed by atoms with Crippen LogP contribution >= 0.6 is 11.8 Å². The van der Waals surface area contributed by atoms with E-state index in [0.717, 1.165) is 13.0 Å². The van der Waals surface area contributed by atoms with Gasteiger partial charge in [0.05, 0.1) is 34.9 Å². The molecule has 2 saturated carbocycles. The van der Waals surface area contributed by atoms with Crippen LogP contribution in [0.4, 0.5) is 10.2 Å². The highest BCUT2D eigenvalue weighted by Gasteiger charge is 2.45. The van der Waals surface area contributed by atoms with Crippen molar-refractivity contribution in [1.82, 2.24) is 25.0 Å². The van der Waals surface area contributed by atoms with Crippen LogP contribution in [0.2, 0.25) is 0 Å². The van der Waals surface area contributed by atoms with E-state index in [0.29, 0.717) is 0 Å². The molecule has 0 amide bonds. The summed E-state index contributed by atoms with van der Waals surface area (Å²) in [6.45, 7) is -2.53. The molecule has 5 rings (SSSR count). The van der Waals surface area contributed by atoms with Crippen LogP contribution in [0.25, 0.3) is 11.2 Å². The number of rotatable bonds is 10. The molecular weight excluding hydrogens is 487 g/mol. The molecule has 3 aromatic rings. The number of anilines is 1. The average Bonchev–Trinajstić information content (AvgIpc) is 3.20. The second-order valence-corrected chi connectivity index (χ2v) is 8.33. The van der Waals surface area contributed by atoms with E-state index in [1.54, 1.807) is 0 Å². The Hall–Kier alpha value is -2.38. The summed E-state index contributed by atoms with van der Waals surface area (Å²) in [5, 5.41) is 40.8. The highest BCUT2D eigenvalue weighted by Crippen LogP contribution is 2.44. The van der Waals surface area contributed by atoms with Crippen LogP contribution in [0.1, 0.15) is 69.7 Å². The molecule has 2 heterocycles. The minimum absolute atomic E-state index is 0.0279. The van der Waals surface area contributed by atoms with Gasteiger partial charge in [-0.15, -0.1) is 5.10 Å². The zero-order chi connectivity index (χ0) is 39.0. The normalized spacial score (nSPS) is 47.9. The summed E-state index contributed by atoms with van der Waals surface area (Å²) in [7, 11) is 0. The number of aromatic nitrogens is 5. The fraction of sp³-hybridized carbons (Fsp3) is 0.583. The molecule has 0 spiro atoms. The monoisotopic (exact) mass is 533 g/mol. The van der Waals surface area contributed by atoms with Crippen molar-refractivity contribution < 1.29 is 45.0 Å². The first-order valence-electron chi connectivity index (χ1n) is 17.9. The van der Waals surface area contributed by atoms with Crippen molar-refractivity contribution in [2.24, 2.45) is 0 Å². The van der Waals surface area contributed by atoms with E-state index in [1.165, 1.54) is 19.1 Å². The summed E-state index contributed by atoms with van der Waals surface area (Å²) in [6.07, 6.45) is -21.3. The van der Waals surface area contributed by atoms with Gasteiger partial charge in [0.25, 0.3) is 0 Å². The Labute approximate surface area is 233 Å². The number of thioether (sulfide) groups is 1. The van der Waals surface area contributed by atoms with Gasteiger partial charge in [0, 0.05) is 35.0 Å². The zero-order valence-corrected chi connectivity index (χ0v) is 19.6. The Morgan fingerprint density at radius 1 is 1.33 bits per heavy atom. The second kappa shape index (κ2) is 10.5. The van der Waals surface area contributed by atoms with Gasteiger partial charge in [-0.1, -0.05) is 36.0 Å². The van der Waals surface area contributed by atoms with Crippen molar-refractivity contribution in [3.63, 3.8) is 0 Å². The third-order valence-corrected chi connectivity index (χ3v) is 5.87. The standard InChI is InChI=1S/C24H31FN6O4S/c1-3-8-36-24-27-22(26-16-10-14(16)13-5-4-12(2)15(25)9-13)19-23(28-24)31(30-29-19)17-11-18(35-7-6-32)21(34)20(17)33/h4-5,9,14,16-18,20-21,32-34H,3,6-8,10-11H2,1-2H3,(H,26,27,28)/t14-,16+,17+,18-,20-,21+/m0/s1/i3D2,6D2,8D2,10D2,11D2,16D,17D,18D,20D,21D. The average molecular weight is 534 g/mol. The lowest BCUT2D eigenvalue weighted by Crippen LogP contribution is -2.33. The molecule has 0 radical (unpaired) electrons. The lowest BCUT2D eigenvalue weighted by molar-refractivity contribution is -0.0629. The molecule has 0 unspecified atom stereocenters. The molecule has 0 aliphatic heterocycles. The molecule has 4 N–H and O–H groups in total. The van der Waals surface area contributed by atoms with E-state index in [4.69, 9.17) is 25.3 Å². The van der Waals surface area contributed by atoms with Crippen molar-refractivity contribution in [2.45, 2.75) is 74.3 Å². The number of nitrogens with one attached hydrogen (secondary N) is 1. The van der Waals surface area contributed by atoms with Crippen LogP contribution in [0.5, 0.6) is 0 Å². The van der Waals surface area contributed by atoms with Crippen molar-refractivity contribution in [3.8, 4) is 0 Å². The lowest BCUT2D eigenvalue weighted by Gasteiger charge is -2.17. The summed E-state index contributed by atoms with van der Waals surface area (Å²) >= 11 is 0.0334. The number of fused-ring (bicyclic) bond motifs is 1. The topological polar surface area (TPSA) is 138 Å². The minimum atomic E-state index is -4.18. The number of benzene rings is 1. The highest BCUT2D eigenvalue weighted by molar-refractivity contribution is 7.99. The van der Waals surface area contributed by atoms with Crippen LogP contribution in [0, 0.1) is 12.7 Å². The van der Waals surface area contributed by atoms with Gasteiger partial charge in [-0.25, -0.2) is 19.0 Å². The van der Waals surface area contributed by atoms with Crippen LogP contribution in [-0.2, 0) is 4.74 Å². The molecule has 36 heavy (non-hydrogen) atoms. The zero-order valence-electron chi connectivity index (χ0n) is 33.8. The number of ether oxygens (including phenoxy) is 1. The Bertz CT molecular complexity index is 1900. The SMILES string of the molecule is [2H]C([2H])(O)CO[C@@]1([2H])C([2H])([2H])[C@@]([2H])(n2nnc3c(N[C@@]4([2H])[C@H](c5ccc(C)c(F)c5)C4([2H])[2H])nc(SC([2H])([2H])C([2H])([2H])C)nc32)[C@]([2H])(O)[C@]1([2H])O. The fourth-order valence-corrected chi connectivity index (χ4v) is 3.83. The van der Waals surface area contributed by atoms with E-state index in [1.807, 2.05) is 0 Å². The molecule has 2 aromatic heterocycles. The first-order valence-corrected chi connectivity index (χ1v) is 11.3. The highest BCUT2D eigenvalue weighted by atomic mass is 32.2. The van der Waals surface area contributed by atoms with Gasteiger partial charge in [-0.05, 0) is 36.9 Å². The van der Waals surface area contributed by atoms with Crippen molar-refractivity contribution in [1.29, 1.82) is 0 Å². The molecule has 1 aromatic carbocycles. The van der Waals surface area contributed by atoms with Gasteiger partial charge >= 0.3 is 0 Å². The first-order chi connectivity index (χ1) is 22.8. The van der Waals surface area contributed by atoms with Gasteiger partial charge in [-0.2, -0.15) is 0 Å². The summed E-state index contributed by atoms with van der Waals surface area (Å²) in [6, 6.07) is -2.47. The molecule has 2 aliphatic carbocycles. The van der Waals surface area contributed by atoms with Crippen LogP contribution in [-0.4, -0.2) is 83.4 Å². The second-order valence-electron chi connectivity index (χ2n) is 7.55. The van der Waals surface area contributed by atoms with Crippen LogP contribution in [0.3, 0.4) is 0 Å². The molecule has 2 aliphatic rings. The first kappa shape index (κ1) is 12.9. The molecular formula is C24H31FN6O4S. The number of hydrogen-bond acceptors (Lipinski definition) is 10. The fourth-order valence-electron chi connectivity index (χ4n) is 3.37. The van der Waals surface area contributed by atoms with E-state index >= 15 is 0 Å². The van der Waals surface area contributed by atoms with E-state index < -0.39 is 102 Å². The molecule has 194 valence electrons. The molecule has 0 bridgehead atoms.